The largest absolute Gasteiger partial charge is 0.325 e. The minimum atomic E-state index is -0.937. The highest BCUT2D eigenvalue weighted by Gasteiger charge is 2.35. The quantitative estimate of drug-likeness (QED) is 0.812. The summed E-state index contributed by atoms with van der Waals surface area (Å²) >= 11 is 0. The van der Waals surface area contributed by atoms with Crippen molar-refractivity contribution in [2.45, 2.75) is 27.7 Å². The summed E-state index contributed by atoms with van der Waals surface area (Å²) in [4.78, 5) is 36.1. The van der Waals surface area contributed by atoms with Gasteiger partial charge in [-0.15, -0.1) is 0 Å². The van der Waals surface area contributed by atoms with Crippen LogP contribution in [0.1, 0.15) is 27.7 Å². The maximum atomic E-state index is 12.3. The number of rotatable bonds is 6. The van der Waals surface area contributed by atoms with Crippen LogP contribution >= 0.6 is 0 Å². The van der Waals surface area contributed by atoms with E-state index < -0.39 is 17.7 Å². The zero-order valence-corrected chi connectivity index (χ0v) is 12.3. The number of benzene rings is 1. The Bertz CT molecular complexity index is 494. The van der Waals surface area contributed by atoms with Gasteiger partial charge in [0.15, 0.2) is 0 Å². The van der Waals surface area contributed by atoms with E-state index in [1.54, 1.807) is 45.0 Å². The molecule has 1 N–H and O–H groups in total. The molecule has 0 fully saturated rings. The van der Waals surface area contributed by atoms with Crippen LogP contribution in [0.5, 0.6) is 0 Å². The average Bonchev–Trinajstić information content (AvgIpc) is 2.39. The Balaban J connectivity index is 2.96. The Kier molecular flexibility index (Phi) is 5.62. The average molecular weight is 275 g/mol. The van der Waals surface area contributed by atoms with Gasteiger partial charge in [-0.05, 0) is 19.1 Å². The van der Waals surface area contributed by atoms with Crippen LogP contribution in [0.25, 0.3) is 0 Å². The van der Waals surface area contributed by atoms with E-state index in [0.29, 0.717) is 5.69 Å². The molecule has 0 aromatic heterocycles. The van der Waals surface area contributed by atoms with Crippen molar-refractivity contribution in [1.29, 1.82) is 0 Å². The highest BCUT2D eigenvalue weighted by Crippen LogP contribution is 2.20. The summed E-state index contributed by atoms with van der Waals surface area (Å²) in [5.74, 6) is -2.63. The lowest BCUT2D eigenvalue weighted by Crippen LogP contribution is -2.39. The molecule has 2 atom stereocenters. The number of carbonyl (C=O) groups excluding carboxylic acids is 3. The Morgan fingerprint density at radius 2 is 1.55 bits per heavy atom. The molecule has 0 aliphatic carbocycles. The van der Waals surface area contributed by atoms with E-state index in [1.807, 2.05) is 6.07 Å². The molecule has 0 saturated heterocycles. The monoisotopic (exact) mass is 275 g/mol. The van der Waals surface area contributed by atoms with Crippen LogP contribution in [0, 0.1) is 17.8 Å². The van der Waals surface area contributed by atoms with Gasteiger partial charge in [0, 0.05) is 17.5 Å². The summed E-state index contributed by atoms with van der Waals surface area (Å²) in [5, 5.41) is 2.70. The first-order chi connectivity index (χ1) is 9.34. The fraction of sp³-hybridized carbons (Fsp3) is 0.438. The van der Waals surface area contributed by atoms with Gasteiger partial charge in [0.25, 0.3) is 0 Å². The normalized spacial score (nSPS) is 13.7. The lowest BCUT2D eigenvalue weighted by molar-refractivity contribution is -0.139. The number of anilines is 1. The van der Waals surface area contributed by atoms with E-state index in [4.69, 9.17) is 0 Å². The third kappa shape index (κ3) is 4.02. The van der Waals surface area contributed by atoms with Crippen molar-refractivity contribution in [3.05, 3.63) is 30.3 Å². The molecular formula is C16H21NO3. The van der Waals surface area contributed by atoms with Crippen LogP contribution in [-0.2, 0) is 14.4 Å². The second kappa shape index (κ2) is 6.98. The van der Waals surface area contributed by atoms with Crippen molar-refractivity contribution in [2.75, 3.05) is 5.32 Å². The Labute approximate surface area is 119 Å². The predicted molar refractivity (Wildman–Crippen MR) is 78.3 cm³/mol. The second-order valence-corrected chi connectivity index (χ2v) is 5.29. The predicted octanol–water partition coefficient (Wildman–Crippen LogP) is 2.69. The third-order valence-electron chi connectivity index (χ3n) is 3.34. The van der Waals surface area contributed by atoms with E-state index in [2.05, 4.69) is 5.32 Å². The number of nitrogens with one attached hydrogen (secondary N) is 1. The molecule has 0 spiro atoms. The third-order valence-corrected chi connectivity index (χ3v) is 3.34. The maximum absolute atomic E-state index is 12.3. The van der Waals surface area contributed by atoms with Crippen molar-refractivity contribution in [3.63, 3.8) is 0 Å². The number of ketones is 2. The summed E-state index contributed by atoms with van der Waals surface area (Å²) in [6.07, 6.45) is 0. The van der Waals surface area contributed by atoms with Gasteiger partial charge < -0.3 is 5.32 Å². The van der Waals surface area contributed by atoms with Gasteiger partial charge in [0.05, 0.1) is 0 Å². The highest BCUT2D eigenvalue weighted by atomic mass is 16.2. The van der Waals surface area contributed by atoms with Crippen LogP contribution in [0.15, 0.2) is 30.3 Å². The van der Waals surface area contributed by atoms with Crippen LogP contribution in [-0.4, -0.2) is 17.5 Å². The minimum absolute atomic E-state index is 0.160. The standard InChI is InChI=1S/C16H21NO3/c1-10(2)15(19)14(11(3)12(4)18)16(20)17-13-8-6-5-7-9-13/h5-11,14H,1-4H3,(H,17,20). The Morgan fingerprint density at radius 1 is 1.00 bits per heavy atom. The maximum Gasteiger partial charge on any atom is 0.235 e. The summed E-state index contributed by atoms with van der Waals surface area (Å²) in [6, 6.07) is 8.91. The first kappa shape index (κ1) is 16.1. The minimum Gasteiger partial charge on any atom is -0.325 e. The molecule has 1 aromatic rings. The summed E-state index contributed by atoms with van der Waals surface area (Å²) < 4.78 is 0. The number of amides is 1. The fourth-order valence-corrected chi connectivity index (χ4v) is 1.94. The molecule has 4 nitrogen and oxygen atoms in total. The van der Waals surface area contributed by atoms with Crippen LogP contribution in [0.4, 0.5) is 5.69 Å². The van der Waals surface area contributed by atoms with Crippen molar-refractivity contribution < 1.29 is 14.4 Å². The van der Waals surface area contributed by atoms with Gasteiger partial charge in [-0.2, -0.15) is 0 Å². The smallest absolute Gasteiger partial charge is 0.235 e. The molecule has 0 aliphatic rings. The van der Waals surface area contributed by atoms with E-state index in [-0.39, 0.29) is 17.5 Å². The number of para-hydroxylation sites is 1. The molecular weight excluding hydrogens is 254 g/mol. The zero-order valence-electron chi connectivity index (χ0n) is 12.3. The van der Waals surface area contributed by atoms with Gasteiger partial charge in [-0.1, -0.05) is 39.0 Å². The molecule has 1 aromatic carbocycles. The van der Waals surface area contributed by atoms with Crippen LogP contribution < -0.4 is 5.32 Å². The Hall–Kier alpha value is -1.97. The summed E-state index contributed by atoms with van der Waals surface area (Å²) in [5.41, 5.74) is 0.620. The molecule has 20 heavy (non-hydrogen) atoms. The molecule has 0 saturated carbocycles. The molecule has 0 aliphatic heterocycles. The molecule has 108 valence electrons. The Morgan fingerprint density at radius 3 is 2.00 bits per heavy atom. The van der Waals surface area contributed by atoms with Gasteiger partial charge in [0.1, 0.15) is 17.5 Å². The molecule has 1 amide bonds. The topological polar surface area (TPSA) is 63.2 Å². The molecule has 2 unspecified atom stereocenters. The number of Topliss-reactive ketones (excluding diaryl/α,β-unsaturated/α-hetero) is 2. The van der Waals surface area contributed by atoms with E-state index >= 15 is 0 Å². The molecule has 0 bridgehead atoms. The van der Waals surface area contributed by atoms with Gasteiger partial charge in [-0.25, -0.2) is 0 Å². The van der Waals surface area contributed by atoms with Gasteiger partial charge in [0.2, 0.25) is 5.91 Å². The summed E-state index contributed by atoms with van der Waals surface area (Å²) in [7, 11) is 0. The first-order valence-electron chi connectivity index (χ1n) is 6.74. The fourth-order valence-electron chi connectivity index (χ4n) is 1.94. The van der Waals surface area contributed by atoms with E-state index in [9.17, 15) is 14.4 Å². The molecule has 0 radical (unpaired) electrons. The second-order valence-electron chi connectivity index (χ2n) is 5.29. The molecule has 1 rings (SSSR count). The lowest BCUT2D eigenvalue weighted by atomic mass is 9.82. The lowest BCUT2D eigenvalue weighted by Gasteiger charge is -2.22. The summed E-state index contributed by atoms with van der Waals surface area (Å²) in [6.45, 7) is 6.49. The number of hydrogen-bond acceptors (Lipinski definition) is 3. The van der Waals surface area contributed by atoms with E-state index in [1.165, 1.54) is 6.92 Å². The number of carbonyl (C=O) groups is 3. The van der Waals surface area contributed by atoms with Crippen molar-refractivity contribution >= 4 is 23.2 Å². The van der Waals surface area contributed by atoms with Crippen LogP contribution in [0.2, 0.25) is 0 Å². The van der Waals surface area contributed by atoms with Gasteiger partial charge in [-0.3, -0.25) is 14.4 Å². The van der Waals surface area contributed by atoms with Crippen molar-refractivity contribution in [2.24, 2.45) is 17.8 Å². The van der Waals surface area contributed by atoms with E-state index in [0.717, 1.165) is 0 Å². The first-order valence-corrected chi connectivity index (χ1v) is 6.74. The molecule has 4 heteroatoms. The highest BCUT2D eigenvalue weighted by molar-refractivity contribution is 6.10. The zero-order chi connectivity index (χ0) is 15.3. The SMILES string of the molecule is CC(=O)C(C)C(C(=O)Nc1ccccc1)C(=O)C(C)C. The van der Waals surface area contributed by atoms with Crippen LogP contribution in [0.3, 0.4) is 0 Å². The van der Waals surface area contributed by atoms with Crippen molar-refractivity contribution in [3.8, 4) is 0 Å². The number of hydrogen-bond donors (Lipinski definition) is 1. The molecule has 0 heterocycles. The van der Waals surface area contributed by atoms with Crippen molar-refractivity contribution in [1.82, 2.24) is 0 Å². The van der Waals surface area contributed by atoms with Gasteiger partial charge >= 0.3 is 0 Å².